The third-order valence-corrected chi connectivity index (χ3v) is 4.87. The van der Waals surface area contributed by atoms with Crippen LogP contribution in [-0.2, 0) is 0 Å². The SMILES string of the molecule is CC(C)(C)SCCC1(CBr)CC1. The van der Waals surface area contributed by atoms with Gasteiger partial charge in [-0.05, 0) is 30.4 Å². The van der Waals surface area contributed by atoms with Crippen molar-refractivity contribution < 1.29 is 0 Å². The van der Waals surface area contributed by atoms with Gasteiger partial charge in [0.05, 0.1) is 0 Å². The smallest absolute Gasteiger partial charge is 0.00882 e. The molecule has 0 N–H and O–H groups in total. The summed E-state index contributed by atoms with van der Waals surface area (Å²) < 4.78 is 0.447. The lowest BCUT2D eigenvalue weighted by Gasteiger charge is -2.19. The standard InChI is InChI=1S/C10H19BrS/c1-9(2,3)12-7-6-10(8-11)4-5-10/h4-8H2,1-3H3. The Hall–Kier alpha value is 0.830. The molecule has 2 heteroatoms. The Morgan fingerprint density at radius 1 is 1.33 bits per heavy atom. The molecule has 0 amide bonds. The molecule has 1 rings (SSSR count). The second-order valence-electron chi connectivity index (χ2n) is 4.84. The molecule has 0 aromatic rings. The number of hydrogen-bond donors (Lipinski definition) is 0. The van der Waals surface area contributed by atoms with Crippen LogP contribution in [0.2, 0.25) is 0 Å². The van der Waals surface area contributed by atoms with Crippen molar-refractivity contribution in [1.29, 1.82) is 0 Å². The fraction of sp³-hybridized carbons (Fsp3) is 1.00. The Bertz CT molecular complexity index is 144. The van der Waals surface area contributed by atoms with Gasteiger partial charge in [-0.25, -0.2) is 0 Å². The second kappa shape index (κ2) is 3.91. The zero-order chi connectivity index (χ0) is 9.24. The summed E-state index contributed by atoms with van der Waals surface area (Å²) in [5.41, 5.74) is 0.707. The van der Waals surface area contributed by atoms with E-state index in [1.54, 1.807) is 0 Å². The fourth-order valence-electron chi connectivity index (χ4n) is 1.20. The van der Waals surface area contributed by atoms with Gasteiger partial charge in [0.15, 0.2) is 0 Å². The summed E-state index contributed by atoms with van der Waals surface area (Å²) in [6.45, 7) is 6.89. The third kappa shape index (κ3) is 3.69. The Balaban J connectivity index is 2.10. The van der Waals surface area contributed by atoms with Crippen LogP contribution in [0.5, 0.6) is 0 Å². The van der Waals surface area contributed by atoms with Gasteiger partial charge in [0.2, 0.25) is 0 Å². The lowest BCUT2D eigenvalue weighted by Crippen LogP contribution is -2.11. The van der Waals surface area contributed by atoms with Gasteiger partial charge in [0, 0.05) is 10.1 Å². The molecule has 1 aliphatic rings. The molecular formula is C10H19BrS. The van der Waals surface area contributed by atoms with Crippen molar-refractivity contribution in [2.45, 2.75) is 44.8 Å². The number of hydrogen-bond acceptors (Lipinski definition) is 1. The molecule has 1 aliphatic carbocycles. The largest absolute Gasteiger partial charge is 0.156 e. The molecule has 0 aromatic carbocycles. The van der Waals surface area contributed by atoms with E-state index in [1.165, 1.54) is 30.3 Å². The highest BCUT2D eigenvalue weighted by Crippen LogP contribution is 2.51. The molecule has 0 aliphatic heterocycles. The van der Waals surface area contributed by atoms with E-state index in [0.29, 0.717) is 10.2 Å². The van der Waals surface area contributed by atoms with E-state index in [9.17, 15) is 0 Å². The van der Waals surface area contributed by atoms with Crippen LogP contribution in [0.3, 0.4) is 0 Å². The summed E-state index contributed by atoms with van der Waals surface area (Å²) in [5.74, 6) is 1.33. The number of alkyl halides is 1. The van der Waals surface area contributed by atoms with Crippen LogP contribution in [0, 0.1) is 5.41 Å². The first-order chi connectivity index (χ1) is 5.47. The summed E-state index contributed by atoms with van der Waals surface area (Å²) in [4.78, 5) is 0. The van der Waals surface area contributed by atoms with Crippen molar-refractivity contribution in [2.24, 2.45) is 5.41 Å². The molecule has 12 heavy (non-hydrogen) atoms. The maximum Gasteiger partial charge on any atom is 0.00882 e. The first-order valence-electron chi connectivity index (χ1n) is 4.67. The van der Waals surface area contributed by atoms with Crippen LogP contribution < -0.4 is 0 Å². The molecule has 0 unspecified atom stereocenters. The molecule has 0 spiro atoms. The second-order valence-corrected chi connectivity index (χ2v) is 7.33. The molecule has 0 saturated heterocycles. The minimum Gasteiger partial charge on any atom is -0.156 e. The summed E-state index contributed by atoms with van der Waals surface area (Å²) in [6, 6.07) is 0. The van der Waals surface area contributed by atoms with Crippen molar-refractivity contribution >= 4 is 27.7 Å². The minimum atomic E-state index is 0.447. The Morgan fingerprint density at radius 3 is 2.25 bits per heavy atom. The number of halogens is 1. The average molecular weight is 251 g/mol. The third-order valence-electron chi connectivity index (χ3n) is 2.41. The summed E-state index contributed by atoms with van der Waals surface area (Å²) >= 11 is 5.70. The van der Waals surface area contributed by atoms with Crippen LogP contribution in [0.1, 0.15) is 40.0 Å². The van der Waals surface area contributed by atoms with E-state index in [2.05, 4.69) is 48.5 Å². The van der Waals surface area contributed by atoms with E-state index < -0.39 is 0 Å². The first kappa shape index (κ1) is 10.9. The predicted octanol–water partition coefficient (Wildman–Crippen LogP) is 4.08. The molecule has 0 nitrogen and oxygen atoms in total. The van der Waals surface area contributed by atoms with Crippen molar-refractivity contribution in [2.75, 3.05) is 11.1 Å². The van der Waals surface area contributed by atoms with Crippen LogP contribution in [0.25, 0.3) is 0 Å². The van der Waals surface area contributed by atoms with Gasteiger partial charge in [-0.15, -0.1) is 0 Å². The highest BCUT2D eigenvalue weighted by molar-refractivity contribution is 9.09. The number of rotatable bonds is 4. The van der Waals surface area contributed by atoms with Crippen molar-refractivity contribution in [3.05, 3.63) is 0 Å². The first-order valence-corrected chi connectivity index (χ1v) is 6.78. The van der Waals surface area contributed by atoms with Crippen molar-refractivity contribution in [1.82, 2.24) is 0 Å². The predicted molar refractivity (Wildman–Crippen MR) is 62.3 cm³/mol. The molecule has 72 valence electrons. The summed E-state index contributed by atoms with van der Waals surface area (Å²) in [5, 5.41) is 1.21. The van der Waals surface area contributed by atoms with Gasteiger partial charge >= 0.3 is 0 Å². The highest BCUT2D eigenvalue weighted by Gasteiger charge is 2.40. The quantitative estimate of drug-likeness (QED) is 0.678. The van der Waals surface area contributed by atoms with Gasteiger partial charge in [-0.2, -0.15) is 11.8 Å². The van der Waals surface area contributed by atoms with E-state index in [-0.39, 0.29) is 0 Å². The van der Waals surface area contributed by atoms with E-state index in [1.807, 2.05) is 0 Å². The molecule has 0 aromatic heterocycles. The lowest BCUT2D eigenvalue weighted by molar-refractivity contribution is 0.570. The number of thioether (sulfide) groups is 1. The van der Waals surface area contributed by atoms with Gasteiger partial charge in [0.25, 0.3) is 0 Å². The average Bonchev–Trinajstić information content (AvgIpc) is 2.67. The molecule has 0 bridgehead atoms. The fourth-order valence-corrected chi connectivity index (χ4v) is 3.19. The maximum absolute atomic E-state index is 3.60. The van der Waals surface area contributed by atoms with Gasteiger partial charge < -0.3 is 0 Å². The normalized spacial score (nSPS) is 21.0. The minimum absolute atomic E-state index is 0.447. The molecular weight excluding hydrogens is 232 g/mol. The Morgan fingerprint density at radius 2 is 1.92 bits per heavy atom. The molecule has 1 saturated carbocycles. The van der Waals surface area contributed by atoms with E-state index in [0.717, 1.165) is 0 Å². The van der Waals surface area contributed by atoms with Crippen molar-refractivity contribution in [3.8, 4) is 0 Å². The maximum atomic E-state index is 3.60. The van der Waals surface area contributed by atoms with E-state index >= 15 is 0 Å². The van der Waals surface area contributed by atoms with E-state index in [4.69, 9.17) is 0 Å². The molecule has 1 fully saturated rings. The van der Waals surface area contributed by atoms with Crippen LogP contribution >= 0.6 is 27.7 Å². The zero-order valence-electron chi connectivity index (χ0n) is 8.32. The topological polar surface area (TPSA) is 0 Å². The van der Waals surface area contributed by atoms with Gasteiger partial charge in [-0.3, -0.25) is 0 Å². The Kier molecular flexibility index (Phi) is 3.56. The zero-order valence-corrected chi connectivity index (χ0v) is 10.7. The molecule has 0 heterocycles. The summed E-state index contributed by atoms with van der Waals surface area (Å²) in [6.07, 6.45) is 4.30. The molecule has 0 atom stereocenters. The van der Waals surface area contributed by atoms with Crippen LogP contribution in [0.4, 0.5) is 0 Å². The van der Waals surface area contributed by atoms with Gasteiger partial charge in [-0.1, -0.05) is 36.7 Å². The molecule has 0 radical (unpaired) electrons. The van der Waals surface area contributed by atoms with Crippen LogP contribution in [0.15, 0.2) is 0 Å². The van der Waals surface area contributed by atoms with Crippen molar-refractivity contribution in [3.63, 3.8) is 0 Å². The monoisotopic (exact) mass is 250 g/mol. The lowest BCUT2D eigenvalue weighted by atomic mass is 10.1. The van der Waals surface area contributed by atoms with Crippen LogP contribution in [-0.4, -0.2) is 15.8 Å². The van der Waals surface area contributed by atoms with Gasteiger partial charge in [0.1, 0.15) is 0 Å². The Labute approximate surface area is 89.0 Å². The summed E-state index contributed by atoms with van der Waals surface area (Å²) in [7, 11) is 0. The highest BCUT2D eigenvalue weighted by atomic mass is 79.9.